The van der Waals surface area contributed by atoms with Crippen LogP contribution in [0.5, 0.6) is 5.75 Å². The fourth-order valence-corrected chi connectivity index (χ4v) is 5.30. The van der Waals surface area contributed by atoms with Crippen LogP contribution in [0.15, 0.2) is 42.5 Å². The minimum atomic E-state index is -2.27. The van der Waals surface area contributed by atoms with Crippen LogP contribution in [0.3, 0.4) is 0 Å². The van der Waals surface area contributed by atoms with Crippen LogP contribution < -0.4 is 22.1 Å². The van der Waals surface area contributed by atoms with Gasteiger partial charge in [0.1, 0.15) is 23.5 Å². The highest BCUT2D eigenvalue weighted by Gasteiger charge is 2.73. The van der Waals surface area contributed by atoms with Gasteiger partial charge in [0.25, 0.3) is 0 Å². The third kappa shape index (κ3) is 4.61. The molecule has 0 aliphatic heterocycles. The van der Waals surface area contributed by atoms with Gasteiger partial charge in [0, 0.05) is 11.3 Å². The number of aryl methyl sites for hydroxylation is 1. The van der Waals surface area contributed by atoms with Crippen LogP contribution in [0.2, 0.25) is 0 Å². The average molecular weight is 515 g/mol. The van der Waals surface area contributed by atoms with Crippen molar-refractivity contribution in [3.05, 3.63) is 59.2 Å². The topological polar surface area (TPSA) is 197 Å². The Balaban J connectivity index is 2.07. The van der Waals surface area contributed by atoms with E-state index in [0.717, 1.165) is 0 Å². The number of carbonyl (C=O) groups excluding carboxylic acids is 3. The molecule has 0 bridgehead atoms. The van der Waals surface area contributed by atoms with Crippen molar-refractivity contribution in [1.82, 2.24) is 5.32 Å². The summed E-state index contributed by atoms with van der Waals surface area (Å²) in [7, 11) is 0. The first-order valence-electron chi connectivity index (χ1n) is 11.8. The number of hydrogen-bond acceptors (Lipinski definition) is 9. The molecule has 1 saturated carbocycles. The molecule has 0 spiro atoms. The Hall–Kier alpha value is -3.67. The number of amides is 2. The number of nitrogens with two attached hydrogens (primary N) is 2. The highest BCUT2D eigenvalue weighted by molar-refractivity contribution is 5.95. The second-order valence-corrected chi connectivity index (χ2v) is 9.64. The quantitative estimate of drug-likeness (QED) is 0.200. The van der Waals surface area contributed by atoms with Crippen molar-refractivity contribution in [2.75, 3.05) is 11.9 Å². The van der Waals surface area contributed by atoms with Crippen LogP contribution in [-0.2, 0) is 4.74 Å². The van der Waals surface area contributed by atoms with Crippen LogP contribution >= 0.6 is 0 Å². The second kappa shape index (κ2) is 10.0. The maximum atomic E-state index is 12.9. The molecule has 2 aromatic rings. The molecule has 0 saturated heterocycles. The lowest BCUT2D eigenvalue weighted by atomic mass is 9.74. The van der Waals surface area contributed by atoms with Crippen molar-refractivity contribution in [2.24, 2.45) is 11.5 Å². The summed E-state index contributed by atoms with van der Waals surface area (Å²) in [5, 5.41) is 39.5. The Kier molecular flexibility index (Phi) is 7.54. The summed E-state index contributed by atoms with van der Waals surface area (Å²) in [5.74, 6) is -1.42. The number of ether oxygens (including phenoxy) is 1. The van der Waals surface area contributed by atoms with E-state index in [4.69, 9.17) is 16.2 Å². The molecule has 3 rings (SSSR count). The molecule has 0 heterocycles. The molecule has 0 radical (unpaired) electrons. The average Bonchev–Trinajstić information content (AvgIpc) is 2.94. The van der Waals surface area contributed by atoms with Gasteiger partial charge in [-0.3, -0.25) is 4.79 Å². The fraction of sp³-hybridized carbons (Fsp3) is 0.423. The molecule has 0 aromatic heterocycles. The lowest BCUT2D eigenvalue weighted by Gasteiger charge is -2.46. The maximum absolute atomic E-state index is 12.9. The van der Waals surface area contributed by atoms with E-state index in [1.807, 2.05) is 0 Å². The number of Topliss-reactive ketones (excluding diaryl/α,β-unsaturated/α-hetero) is 1. The van der Waals surface area contributed by atoms with Crippen molar-refractivity contribution in [2.45, 2.75) is 62.9 Å². The third-order valence-electron chi connectivity index (χ3n) is 7.53. The number of aliphatic hydroxyl groups is 2. The molecule has 2 amide bonds. The number of benzene rings is 2. The van der Waals surface area contributed by atoms with E-state index in [9.17, 15) is 29.7 Å². The maximum Gasteiger partial charge on any atom is 0.342 e. The number of aromatic hydroxyl groups is 1. The predicted molar refractivity (Wildman–Crippen MR) is 136 cm³/mol. The number of hydrogen-bond donors (Lipinski definition) is 7. The highest BCUT2D eigenvalue weighted by atomic mass is 16.5. The smallest absolute Gasteiger partial charge is 0.342 e. The summed E-state index contributed by atoms with van der Waals surface area (Å²) < 4.78 is 5.43. The summed E-state index contributed by atoms with van der Waals surface area (Å²) in [6.07, 6.45) is 0.0601. The molecule has 11 heteroatoms. The van der Waals surface area contributed by atoms with Gasteiger partial charge in [-0.15, -0.1) is 0 Å². The summed E-state index contributed by atoms with van der Waals surface area (Å²) in [6, 6.07) is 7.62. The number of primary amides is 1. The van der Waals surface area contributed by atoms with Crippen molar-refractivity contribution < 1.29 is 34.4 Å². The largest absolute Gasteiger partial charge is 0.507 e. The number of nitrogens with one attached hydrogen (secondary N) is 2. The minimum absolute atomic E-state index is 0.0601. The van der Waals surface area contributed by atoms with Gasteiger partial charge in [0.05, 0.1) is 17.6 Å². The zero-order valence-corrected chi connectivity index (χ0v) is 21.2. The summed E-state index contributed by atoms with van der Waals surface area (Å²) in [6.45, 7) is 5.19. The van der Waals surface area contributed by atoms with E-state index >= 15 is 0 Å². The van der Waals surface area contributed by atoms with Crippen molar-refractivity contribution in [3.63, 3.8) is 0 Å². The Bertz CT molecular complexity index is 1200. The number of carbonyl (C=O) groups is 3. The van der Waals surface area contributed by atoms with Crippen LogP contribution in [0.1, 0.15) is 53.5 Å². The molecule has 37 heavy (non-hydrogen) atoms. The molecule has 9 N–H and O–H groups in total. The number of phenolic OH excluding ortho intramolecular Hbond substituents is 1. The van der Waals surface area contributed by atoms with Gasteiger partial charge in [-0.1, -0.05) is 31.2 Å². The Morgan fingerprint density at radius 1 is 1.14 bits per heavy atom. The summed E-state index contributed by atoms with van der Waals surface area (Å²) in [5.41, 5.74) is 7.06. The van der Waals surface area contributed by atoms with Gasteiger partial charge in [0.2, 0.25) is 0 Å². The van der Waals surface area contributed by atoms with Crippen LogP contribution in [-0.4, -0.2) is 68.5 Å². The number of esters is 1. The molecule has 200 valence electrons. The van der Waals surface area contributed by atoms with Gasteiger partial charge < -0.3 is 42.2 Å². The number of anilines is 1. The zero-order chi connectivity index (χ0) is 27.8. The summed E-state index contributed by atoms with van der Waals surface area (Å²) in [4.78, 5) is 36.8. The van der Waals surface area contributed by atoms with Gasteiger partial charge in [0.15, 0.2) is 11.4 Å². The second-order valence-electron chi connectivity index (χ2n) is 9.64. The number of ketones is 1. The predicted octanol–water partition coefficient (Wildman–Crippen LogP) is 1.18. The van der Waals surface area contributed by atoms with Crippen LogP contribution in [0.4, 0.5) is 10.5 Å². The van der Waals surface area contributed by atoms with E-state index in [-0.39, 0.29) is 23.5 Å². The molecule has 1 aliphatic carbocycles. The molecule has 2 aromatic carbocycles. The molecule has 1 aliphatic rings. The fourth-order valence-electron chi connectivity index (χ4n) is 5.30. The normalized spacial score (nSPS) is 28.9. The van der Waals surface area contributed by atoms with E-state index in [1.165, 1.54) is 19.9 Å². The van der Waals surface area contributed by atoms with Crippen LogP contribution in [0.25, 0.3) is 0 Å². The van der Waals surface area contributed by atoms with Crippen molar-refractivity contribution >= 4 is 23.5 Å². The molecular weight excluding hydrogens is 480 g/mol. The third-order valence-corrected chi connectivity index (χ3v) is 7.53. The van der Waals surface area contributed by atoms with E-state index in [1.54, 1.807) is 50.2 Å². The highest BCUT2D eigenvalue weighted by Crippen LogP contribution is 2.49. The van der Waals surface area contributed by atoms with Crippen LogP contribution in [0, 0.1) is 6.92 Å². The van der Waals surface area contributed by atoms with E-state index in [0.29, 0.717) is 16.8 Å². The van der Waals surface area contributed by atoms with E-state index in [2.05, 4.69) is 10.6 Å². The number of phenols is 1. The molecule has 11 nitrogen and oxygen atoms in total. The molecular formula is C26H34N4O7. The van der Waals surface area contributed by atoms with Crippen molar-refractivity contribution in [3.8, 4) is 5.75 Å². The van der Waals surface area contributed by atoms with Gasteiger partial charge >= 0.3 is 12.0 Å². The number of urea groups is 1. The number of rotatable bonds is 8. The van der Waals surface area contributed by atoms with Gasteiger partial charge in [-0.2, -0.15) is 0 Å². The van der Waals surface area contributed by atoms with E-state index < -0.39 is 47.4 Å². The Morgan fingerprint density at radius 3 is 2.35 bits per heavy atom. The standard InChI is InChI=1S/C26H34N4O7/c1-5-25(30-23(28)34)20(27)21(29-17-10-7-9-16(12-17)15(3)31)26(36,24(25,4)35)13-37-22(33)19-14(2)8-6-11-18(19)32/h6-12,20-21,29,32,35-36H,5,13,27H2,1-4H3,(H3,28,30,34)/t20-,21-,24+,25-,26+/m0/s1. The first kappa shape index (κ1) is 27.9. The molecule has 1 fully saturated rings. The Labute approximate surface area is 214 Å². The lowest BCUT2D eigenvalue weighted by Crippen LogP contribution is -2.72. The summed E-state index contributed by atoms with van der Waals surface area (Å²) >= 11 is 0. The SMILES string of the molecule is CC[C@]1(NC(N)=O)[C@@H](N)[C@H](Nc2cccc(C(C)=O)c2)[C@](O)(COC(=O)c2c(C)cccc2O)[C@]1(C)O. The lowest BCUT2D eigenvalue weighted by molar-refractivity contribution is -0.171. The van der Waals surface area contributed by atoms with Gasteiger partial charge in [-0.25, -0.2) is 9.59 Å². The Morgan fingerprint density at radius 2 is 1.78 bits per heavy atom. The first-order chi connectivity index (χ1) is 17.2. The molecule has 0 unspecified atom stereocenters. The first-order valence-corrected chi connectivity index (χ1v) is 11.8. The van der Waals surface area contributed by atoms with Gasteiger partial charge in [-0.05, 0) is 51.0 Å². The minimum Gasteiger partial charge on any atom is -0.507 e. The molecule has 5 atom stereocenters. The monoisotopic (exact) mass is 514 g/mol. The zero-order valence-electron chi connectivity index (χ0n) is 21.2. The van der Waals surface area contributed by atoms with Crippen molar-refractivity contribution in [1.29, 1.82) is 0 Å².